The van der Waals surface area contributed by atoms with Crippen LogP contribution < -0.4 is 5.32 Å². The number of aliphatic imine (C=N–C) groups is 1. The van der Waals surface area contributed by atoms with Crippen molar-refractivity contribution in [1.82, 2.24) is 15.3 Å². The maximum Gasteiger partial charge on any atom is 0.228 e. The van der Waals surface area contributed by atoms with Crippen molar-refractivity contribution < 1.29 is 4.79 Å². The van der Waals surface area contributed by atoms with Gasteiger partial charge in [-0.25, -0.2) is 4.98 Å². The van der Waals surface area contributed by atoms with E-state index in [1.165, 1.54) is 0 Å². The van der Waals surface area contributed by atoms with Crippen molar-refractivity contribution in [3.8, 4) is 0 Å². The number of H-pyrrole nitrogens is 1. The first kappa shape index (κ1) is 15.1. The van der Waals surface area contributed by atoms with E-state index in [2.05, 4.69) is 27.2 Å². The normalized spacial score (nSPS) is 23.9. The van der Waals surface area contributed by atoms with Crippen LogP contribution >= 0.6 is 0 Å². The van der Waals surface area contributed by atoms with Gasteiger partial charge in [-0.05, 0) is 49.8 Å². The molecule has 5 nitrogen and oxygen atoms in total. The van der Waals surface area contributed by atoms with E-state index < -0.39 is 0 Å². The summed E-state index contributed by atoms with van der Waals surface area (Å²) in [5.41, 5.74) is 2.98. The zero-order valence-electron chi connectivity index (χ0n) is 13.9. The summed E-state index contributed by atoms with van der Waals surface area (Å²) >= 11 is 0. The lowest BCUT2D eigenvalue weighted by atomic mass is 9.82. The van der Waals surface area contributed by atoms with Gasteiger partial charge in [-0.15, -0.1) is 0 Å². The Morgan fingerprint density at radius 1 is 1.21 bits per heavy atom. The Morgan fingerprint density at radius 3 is 2.79 bits per heavy atom. The maximum atomic E-state index is 12.4. The van der Waals surface area contributed by atoms with E-state index >= 15 is 0 Å². The zero-order valence-corrected chi connectivity index (χ0v) is 13.9. The molecule has 24 heavy (non-hydrogen) atoms. The molecule has 0 atom stereocenters. The first-order chi connectivity index (χ1) is 11.7. The Morgan fingerprint density at radius 2 is 2.00 bits per heavy atom. The number of benzene rings is 1. The number of fused-ring (bicyclic) bond motifs is 1. The molecular formula is C19H22N4O. The van der Waals surface area contributed by atoms with Gasteiger partial charge in [-0.2, -0.15) is 0 Å². The third-order valence-electron chi connectivity index (χ3n) is 5.06. The SMILES string of the molecule is CC1CCC(C(=O)NC2=NCC(c3nc4ccccc4[nH]3)=C2)CC1. The number of nitrogens with one attached hydrogen (secondary N) is 2. The fourth-order valence-corrected chi connectivity index (χ4v) is 3.50. The number of rotatable bonds is 2. The number of hydrogen-bond acceptors (Lipinski definition) is 3. The minimum Gasteiger partial charge on any atom is -0.338 e. The molecule has 1 aromatic carbocycles. The minimum absolute atomic E-state index is 0.114. The monoisotopic (exact) mass is 322 g/mol. The number of imidazole rings is 1. The second-order valence-electron chi connectivity index (χ2n) is 6.92. The van der Waals surface area contributed by atoms with Crippen LogP contribution in [-0.2, 0) is 4.79 Å². The van der Waals surface area contributed by atoms with Crippen molar-refractivity contribution in [3.05, 3.63) is 36.2 Å². The first-order valence-corrected chi connectivity index (χ1v) is 8.70. The lowest BCUT2D eigenvalue weighted by molar-refractivity contribution is -0.124. The Bertz CT molecular complexity index is 792. The van der Waals surface area contributed by atoms with Crippen LogP contribution in [-0.4, -0.2) is 28.3 Å². The van der Waals surface area contributed by atoms with Crippen molar-refractivity contribution in [2.75, 3.05) is 6.54 Å². The van der Waals surface area contributed by atoms with Crippen LogP contribution in [0, 0.1) is 11.8 Å². The third-order valence-corrected chi connectivity index (χ3v) is 5.06. The van der Waals surface area contributed by atoms with Gasteiger partial charge in [0.05, 0.1) is 17.6 Å². The van der Waals surface area contributed by atoms with Gasteiger partial charge in [0.2, 0.25) is 5.91 Å². The van der Waals surface area contributed by atoms with Gasteiger partial charge in [0, 0.05) is 11.5 Å². The molecule has 2 aromatic rings. The van der Waals surface area contributed by atoms with Crippen molar-refractivity contribution in [1.29, 1.82) is 0 Å². The number of aromatic nitrogens is 2. The van der Waals surface area contributed by atoms with Gasteiger partial charge < -0.3 is 10.3 Å². The highest BCUT2D eigenvalue weighted by molar-refractivity contribution is 6.10. The molecule has 1 saturated carbocycles. The lowest BCUT2D eigenvalue weighted by Gasteiger charge is -2.24. The number of para-hydroxylation sites is 2. The summed E-state index contributed by atoms with van der Waals surface area (Å²) in [5.74, 6) is 2.48. The Labute approximate surface area is 141 Å². The summed E-state index contributed by atoms with van der Waals surface area (Å²) in [7, 11) is 0. The highest BCUT2D eigenvalue weighted by Gasteiger charge is 2.25. The van der Waals surface area contributed by atoms with E-state index in [1.807, 2.05) is 30.3 Å². The van der Waals surface area contributed by atoms with Gasteiger partial charge in [-0.1, -0.05) is 19.1 Å². The molecule has 1 aliphatic heterocycles. The van der Waals surface area contributed by atoms with Gasteiger partial charge in [-0.3, -0.25) is 9.79 Å². The molecule has 2 heterocycles. The fraction of sp³-hybridized carbons (Fsp3) is 0.421. The zero-order chi connectivity index (χ0) is 16.5. The molecule has 0 bridgehead atoms. The largest absolute Gasteiger partial charge is 0.338 e. The second-order valence-corrected chi connectivity index (χ2v) is 6.92. The molecule has 5 heteroatoms. The number of hydrogen-bond donors (Lipinski definition) is 2. The summed E-state index contributed by atoms with van der Waals surface area (Å²) in [5, 5.41) is 2.99. The summed E-state index contributed by atoms with van der Waals surface area (Å²) in [6, 6.07) is 7.96. The van der Waals surface area contributed by atoms with Gasteiger partial charge in [0.25, 0.3) is 0 Å². The molecule has 0 unspecified atom stereocenters. The molecule has 124 valence electrons. The number of amidine groups is 1. The van der Waals surface area contributed by atoms with Crippen LogP contribution in [0.25, 0.3) is 16.6 Å². The van der Waals surface area contributed by atoms with Crippen molar-refractivity contribution in [2.45, 2.75) is 32.6 Å². The Hall–Kier alpha value is -2.43. The maximum absolute atomic E-state index is 12.4. The molecule has 1 aromatic heterocycles. The van der Waals surface area contributed by atoms with E-state index in [-0.39, 0.29) is 11.8 Å². The number of amides is 1. The molecular weight excluding hydrogens is 300 g/mol. The standard InChI is InChI=1S/C19H22N4O/c1-12-6-8-13(9-7-12)19(24)23-17-10-14(11-20-17)18-21-15-4-2-3-5-16(15)22-18/h2-5,10,12-13H,6-9,11H2,1H3,(H,21,22)(H,20,23,24). The average molecular weight is 322 g/mol. The highest BCUT2D eigenvalue weighted by atomic mass is 16.1. The van der Waals surface area contributed by atoms with Gasteiger partial charge in [0.1, 0.15) is 11.7 Å². The van der Waals surface area contributed by atoms with Crippen LogP contribution in [0.2, 0.25) is 0 Å². The quantitative estimate of drug-likeness (QED) is 0.890. The van der Waals surface area contributed by atoms with Crippen molar-refractivity contribution in [2.24, 2.45) is 16.8 Å². The molecule has 1 fully saturated rings. The lowest BCUT2D eigenvalue weighted by Crippen LogP contribution is -2.36. The third kappa shape index (κ3) is 2.98. The van der Waals surface area contributed by atoms with Gasteiger partial charge >= 0.3 is 0 Å². The topological polar surface area (TPSA) is 70.1 Å². The molecule has 0 radical (unpaired) electrons. The molecule has 1 amide bonds. The second kappa shape index (κ2) is 6.23. The predicted molar refractivity (Wildman–Crippen MR) is 95.6 cm³/mol. The summed E-state index contributed by atoms with van der Waals surface area (Å²) in [6.45, 7) is 2.81. The molecule has 1 aliphatic carbocycles. The number of carbonyl (C=O) groups is 1. The minimum atomic E-state index is 0.114. The van der Waals surface area contributed by atoms with Crippen LogP contribution in [0.4, 0.5) is 0 Å². The smallest absolute Gasteiger partial charge is 0.228 e. The summed E-state index contributed by atoms with van der Waals surface area (Å²) in [4.78, 5) is 24.8. The molecule has 0 saturated heterocycles. The predicted octanol–water partition coefficient (Wildman–Crippen LogP) is 3.30. The Kier molecular flexibility index (Phi) is 3.92. The number of carbonyl (C=O) groups excluding carboxylic acids is 1. The number of aromatic amines is 1. The van der Waals surface area contributed by atoms with Crippen LogP contribution in [0.3, 0.4) is 0 Å². The van der Waals surface area contributed by atoms with E-state index in [0.717, 1.165) is 54.0 Å². The van der Waals surface area contributed by atoms with Crippen molar-refractivity contribution >= 4 is 28.3 Å². The van der Waals surface area contributed by atoms with E-state index in [4.69, 9.17) is 0 Å². The molecule has 4 rings (SSSR count). The number of nitrogens with zero attached hydrogens (tertiary/aromatic N) is 2. The Balaban J connectivity index is 1.43. The van der Waals surface area contributed by atoms with E-state index in [1.54, 1.807) is 0 Å². The van der Waals surface area contributed by atoms with Crippen molar-refractivity contribution in [3.63, 3.8) is 0 Å². The molecule has 2 aliphatic rings. The average Bonchev–Trinajstić information content (AvgIpc) is 3.21. The summed E-state index contributed by atoms with van der Waals surface area (Å²) < 4.78 is 0. The van der Waals surface area contributed by atoms with E-state index in [0.29, 0.717) is 12.4 Å². The highest BCUT2D eigenvalue weighted by Crippen LogP contribution is 2.28. The molecule has 0 spiro atoms. The fourth-order valence-electron chi connectivity index (χ4n) is 3.50. The van der Waals surface area contributed by atoms with Gasteiger partial charge in [0.15, 0.2) is 0 Å². The van der Waals surface area contributed by atoms with Crippen LogP contribution in [0.1, 0.15) is 38.4 Å². The summed E-state index contributed by atoms with van der Waals surface area (Å²) in [6.07, 6.45) is 6.19. The van der Waals surface area contributed by atoms with Crippen LogP contribution in [0.15, 0.2) is 35.3 Å². The van der Waals surface area contributed by atoms with Crippen LogP contribution in [0.5, 0.6) is 0 Å². The molecule has 2 N–H and O–H groups in total. The first-order valence-electron chi connectivity index (χ1n) is 8.70. The van der Waals surface area contributed by atoms with E-state index in [9.17, 15) is 4.79 Å².